The summed E-state index contributed by atoms with van der Waals surface area (Å²) >= 11 is 0. The van der Waals surface area contributed by atoms with Crippen LogP contribution < -0.4 is 15.4 Å². The minimum Gasteiger partial charge on any atom is -0.481 e. The van der Waals surface area contributed by atoms with E-state index in [4.69, 9.17) is 9.15 Å². The molecule has 32 heavy (non-hydrogen) atoms. The lowest BCUT2D eigenvalue weighted by Crippen LogP contribution is -2.33. The van der Waals surface area contributed by atoms with Crippen LogP contribution >= 0.6 is 0 Å². The van der Waals surface area contributed by atoms with Gasteiger partial charge in [0, 0.05) is 0 Å². The van der Waals surface area contributed by atoms with Crippen molar-refractivity contribution in [1.82, 2.24) is 5.32 Å². The minimum absolute atomic E-state index is 0.0429. The second-order valence-electron chi connectivity index (χ2n) is 8.59. The molecule has 0 radical (unpaired) electrons. The highest BCUT2D eigenvalue weighted by Gasteiger charge is 2.21. The fraction of sp³-hybridized carbons (Fsp3) is 0.308. The smallest absolute Gasteiger partial charge is 0.265 e. The monoisotopic (exact) mass is 434 g/mol. The molecule has 2 aromatic carbocycles. The predicted octanol–water partition coefficient (Wildman–Crippen LogP) is 5.30. The minimum atomic E-state index is -0.685. The Bertz CT molecular complexity index is 1030. The molecule has 3 aromatic rings. The van der Waals surface area contributed by atoms with Gasteiger partial charge < -0.3 is 19.8 Å². The molecular weight excluding hydrogens is 404 g/mol. The second kappa shape index (κ2) is 10.2. The lowest BCUT2D eigenvalue weighted by molar-refractivity contribution is -0.122. The molecule has 6 nitrogen and oxygen atoms in total. The van der Waals surface area contributed by atoms with E-state index < -0.39 is 6.10 Å². The van der Waals surface area contributed by atoms with Crippen LogP contribution in [0.1, 0.15) is 55.8 Å². The summed E-state index contributed by atoms with van der Waals surface area (Å²) in [5, 5.41) is 5.64. The largest absolute Gasteiger partial charge is 0.481 e. The summed E-state index contributed by atoms with van der Waals surface area (Å²) < 4.78 is 11.2. The van der Waals surface area contributed by atoms with E-state index in [1.165, 1.54) is 5.56 Å². The molecule has 0 spiro atoms. The number of para-hydroxylation sites is 1. The first kappa shape index (κ1) is 23.1. The highest BCUT2D eigenvalue weighted by molar-refractivity contribution is 6.04. The average molecular weight is 435 g/mol. The van der Waals surface area contributed by atoms with Crippen LogP contribution in [0.3, 0.4) is 0 Å². The fourth-order valence-electron chi connectivity index (χ4n) is 3.20. The molecule has 0 aliphatic heterocycles. The third-order valence-corrected chi connectivity index (χ3v) is 5.09. The molecule has 0 aliphatic rings. The molecule has 1 aromatic heterocycles. The molecule has 3 rings (SSSR count). The van der Waals surface area contributed by atoms with Crippen LogP contribution in [0.2, 0.25) is 0 Å². The van der Waals surface area contributed by atoms with Gasteiger partial charge in [0.05, 0.1) is 24.1 Å². The lowest BCUT2D eigenvalue weighted by atomic mass is 9.87. The van der Waals surface area contributed by atoms with Crippen LogP contribution in [0.15, 0.2) is 71.3 Å². The zero-order valence-corrected chi connectivity index (χ0v) is 19.0. The van der Waals surface area contributed by atoms with Gasteiger partial charge in [0.1, 0.15) is 11.5 Å². The molecular formula is C26H30N2O4. The molecule has 0 aliphatic carbocycles. The highest BCUT2D eigenvalue weighted by Crippen LogP contribution is 2.25. The number of ether oxygens (including phenoxy) is 1. The van der Waals surface area contributed by atoms with Gasteiger partial charge in [0.25, 0.3) is 11.8 Å². The third kappa shape index (κ3) is 6.00. The quantitative estimate of drug-likeness (QED) is 0.504. The first-order chi connectivity index (χ1) is 15.3. The Morgan fingerprint density at radius 1 is 1.00 bits per heavy atom. The number of anilines is 1. The molecule has 0 fully saturated rings. The molecule has 0 saturated carbocycles. The van der Waals surface area contributed by atoms with E-state index in [1.54, 1.807) is 42.7 Å². The number of carbonyl (C=O) groups excluding carboxylic acids is 2. The van der Waals surface area contributed by atoms with E-state index in [-0.39, 0.29) is 23.8 Å². The summed E-state index contributed by atoms with van der Waals surface area (Å²) in [4.78, 5) is 25.6. The van der Waals surface area contributed by atoms with E-state index in [2.05, 4.69) is 31.4 Å². The molecule has 168 valence electrons. The van der Waals surface area contributed by atoms with Crippen molar-refractivity contribution in [1.29, 1.82) is 0 Å². The molecule has 2 amide bonds. The number of rotatable bonds is 8. The Morgan fingerprint density at radius 3 is 2.34 bits per heavy atom. The summed E-state index contributed by atoms with van der Waals surface area (Å²) in [6, 6.07) is 18.2. The molecule has 1 atom stereocenters. The SMILES string of the molecule is CC[C@@H](Oc1ccc(C(C)(C)C)cc1)C(=O)Nc1ccccc1C(=O)NCc1ccco1. The van der Waals surface area contributed by atoms with Gasteiger partial charge in [0.15, 0.2) is 6.10 Å². The van der Waals surface area contributed by atoms with Gasteiger partial charge in [-0.25, -0.2) is 0 Å². The second-order valence-corrected chi connectivity index (χ2v) is 8.59. The van der Waals surface area contributed by atoms with E-state index >= 15 is 0 Å². The number of nitrogens with one attached hydrogen (secondary N) is 2. The molecule has 0 saturated heterocycles. The zero-order valence-electron chi connectivity index (χ0n) is 19.0. The number of amides is 2. The summed E-state index contributed by atoms with van der Waals surface area (Å²) in [7, 11) is 0. The summed E-state index contributed by atoms with van der Waals surface area (Å²) in [5.41, 5.74) is 2.04. The lowest BCUT2D eigenvalue weighted by Gasteiger charge is -2.21. The predicted molar refractivity (Wildman–Crippen MR) is 125 cm³/mol. The Labute approximate surface area is 189 Å². The Kier molecular flexibility index (Phi) is 7.36. The first-order valence-electron chi connectivity index (χ1n) is 10.8. The van der Waals surface area contributed by atoms with Crippen molar-refractivity contribution in [2.75, 3.05) is 5.32 Å². The van der Waals surface area contributed by atoms with Gasteiger partial charge >= 0.3 is 0 Å². The van der Waals surface area contributed by atoms with E-state index in [1.807, 2.05) is 31.2 Å². The number of hydrogen-bond acceptors (Lipinski definition) is 4. The van der Waals surface area contributed by atoms with Crippen LogP contribution in [0.4, 0.5) is 5.69 Å². The fourth-order valence-corrected chi connectivity index (χ4v) is 3.20. The van der Waals surface area contributed by atoms with Crippen molar-refractivity contribution >= 4 is 17.5 Å². The topological polar surface area (TPSA) is 80.6 Å². The van der Waals surface area contributed by atoms with Crippen molar-refractivity contribution in [3.63, 3.8) is 0 Å². The van der Waals surface area contributed by atoms with Crippen molar-refractivity contribution in [3.8, 4) is 5.75 Å². The van der Waals surface area contributed by atoms with Crippen LogP contribution in [0.5, 0.6) is 5.75 Å². The third-order valence-electron chi connectivity index (χ3n) is 5.09. The normalized spacial score (nSPS) is 12.1. The van der Waals surface area contributed by atoms with Gasteiger partial charge in [-0.2, -0.15) is 0 Å². The summed E-state index contributed by atoms with van der Waals surface area (Å²) in [6.07, 6.45) is 1.35. The average Bonchev–Trinajstić information content (AvgIpc) is 3.29. The van der Waals surface area contributed by atoms with Gasteiger partial charge in [0.2, 0.25) is 0 Å². The molecule has 1 heterocycles. The number of furan rings is 1. The molecule has 0 bridgehead atoms. The Morgan fingerprint density at radius 2 is 1.72 bits per heavy atom. The van der Waals surface area contributed by atoms with E-state index in [9.17, 15) is 9.59 Å². The first-order valence-corrected chi connectivity index (χ1v) is 10.8. The molecule has 6 heteroatoms. The summed E-state index contributed by atoms with van der Waals surface area (Å²) in [5.74, 6) is 0.670. The zero-order chi connectivity index (χ0) is 23.1. The maximum absolute atomic E-state index is 12.9. The number of carbonyl (C=O) groups is 2. The standard InChI is InChI=1S/C26H30N2O4/c1-5-23(32-19-14-12-18(13-15-19)26(2,3)4)25(30)28-22-11-7-6-10-21(22)24(29)27-17-20-9-8-16-31-20/h6-16,23H,5,17H2,1-4H3,(H,27,29)(H,28,30)/t23-/m1/s1. The van der Waals surface area contributed by atoms with Crippen molar-refractivity contribution < 1.29 is 18.7 Å². The highest BCUT2D eigenvalue weighted by atomic mass is 16.5. The van der Waals surface area contributed by atoms with Crippen molar-refractivity contribution in [2.24, 2.45) is 0 Å². The van der Waals surface area contributed by atoms with Crippen LogP contribution in [-0.4, -0.2) is 17.9 Å². The van der Waals surface area contributed by atoms with E-state index in [0.29, 0.717) is 29.2 Å². The van der Waals surface area contributed by atoms with Gasteiger partial charge in [-0.3, -0.25) is 9.59 Å². The summed E-state index contributed by atoms with van der Waals surface area (Å²) in [6.45, 7) is 8.59. The van der Waals surface area contributed by atoms with Gasteiger partial charge in [-0.05, 0) is 53.8 Å². The van der Waals surface area contributed by atoms with Crippen LogP contribution in [0.25, 0.3) is 0 Å². The van der Waals surface area contributed by atoms with Crippen LogP contribution in [0, 0.1) is 0 Å². The van der Waals surface area contributed by atoms with Crippen LogP contribution in [-0.2, 0) is 16.8 Å². The maximum atomic E-state index is 12.9. The maximum Gasteiger partial charge on any atom is 0.265 e. The van der Waals surface area contributed by atoms with Crippen molar-refractivity contribution in [2.45, 2.75) is 52.2 Å². The molecule has 2 N–H and O–H groups in total. The Hall–Kier alpha value is -3.54. The number of hydrogen-bond donors (Lipinski definition) is 2. The Balaban J connectivity index is 1.66. The molecule has 0 unspecified atom stereocenters. The van der Waals surface area contributed by atoms with E-state index in [0.717, 1.165) is 0 Å². The number of benzene rings is 2. The van der Waals surface area contributed by atoms with Crippen molar-refractivity contribution in [3.05, 3.63) is 83.8 Å². The van der Waals surface area contributed by atoms with Gasteiger partial charge in [-0.1, -0.05) is 52.0 Å². The van der Waals surface area contributed by atoms with Gasteiger partial charge in [-0.15, -0.1) is 0 Å².